The van der Waals surface area contributed by atoms with Gasteiger partial charge >= 0.3 is 47.6 Å². The van der Waals surface area contributed by atoms with E-state index in [1.54, 1.807) is 0 Å². The molecule has 1 aliphatic rings. The zero-order valence-corrected chi connectivity index (χ0v) is 25.2. The fourth-order valence-electron chi connectivity index (χ4n) is 3.90. The third kappa shape index (κ3) is 10.3. The number of nitro benzene ring substituents is 1. The Morgan fingerprint density at radius 1 is 0.870 bits per heavy atom. The third-order valence-electron chi connectivity index (χ3n) is 5.62. The zero-order valence-electron chi connectivity index (χ0n) is 25.2. The SMILES string of the molecule is COC(=O)[C@H]1O[C@@H](Oc2ccc(COC(=O)N[C@@H](OC(C)=O)C(=O)OC)cc2[N+](=O)[O-])[C@H](OC(C)=O)[C@@H](OC(C)=O)[C@@H]1OC(C)=O. The second kappa shape index (κ2) is 16.5. The van der Waals surface area contributed by atoms with E-state index in [9.17, 15) is 43.7 Å². The van der Waals surface area contributed by atoms with Crippen molar-refractivity contribution in [2.24, 2.45) is 0 Å². The van der Waals surface area contributed by atoms with Crippen LogP contribution in [0, 0.1) is 10.1 Å². The number of nitro groups is 1. The van der Waals surface area contributed by atoms with Crippen molar-refractivity contribution in [3.05, 3.63) is 33.9 Å². The molecule has 0 aliphatic carbocycles. The van der Waals surface area contributed by atoms with E-state index >= 15 is 0 Å². The highest BCUT2D eigenvalue weighted by molar-refractivity contribution is 5.82. The molecule has 1 N–H and O–H groups in total. The van der Waals surface area contributed by atoms with Crippen molar-refractivity contribution in [2.45, 2.75) is 71.2 Å². The van der Waals surface area contributed by atoms with E-state index in [1.807, 2.05) is 5.32 Å². The van der Waals surface area contributed by atoms with Gasteiger partial charge in [-0.3, -0.25) is 34.6 Å². The number of rotatable bonds is 12. The van der Waals surface area contributed by atoms with Gasteiger partial charge in [0.05, 0.1) is 19.1 Å². The number of esters is 6. The summed E-state index contributed by atoms with van der Waals surface area (Å²) in [5, 5.41) is 13.9. The van der Waals surface area contributed by atoms with Crippen LogP contribution in [-0.4, -0.2) is 98.0 Å². The van der Waals surface area contributed by atoms with Gasteiger partial charge in [0.1, 0.15) is 6.61 Å². The van der Waals surface area contributed by atoms with Crippen molar-refractivity contribution >= 4 is 47.6 Å². The number of benzene rings is 1. The summed E-state index contributed by atoms with van der Waals surface area (Å²) in [7, 11) is 1.95. The molecular weight excluding hydrogens is 628 g/mol. The average molecular weight is 659 g/mol. The number of hydrogen-bond acceptors (Lipinski definition) is 18. The second-order valence-corrected chi connectivity index (χ2v) is 9.08. The minimum Gasteiger partial charge on any atom is -0.467 e. The molecule has 20 heteroatoms. The lowest BCUT2D eigenvalue weighted by atomic mass is 9.97. The Balaban J connectivity index is 2.40. The molecule has 20 nitrogen and oxygen atoms in total. The Hall–Kier alpha value is -5.53. The molecule has 1 aromatic carbocycles. The summed E-state index contributed by atoms with van der Waals surface area (Å²) in [5.41, 5.74) is -0.711. The summed E-state index contributed by atoms with van der Waals surface area (Å²) < 4.78 is 45.5. The van der Waals surface area contributed by atoms with Gasteiger partial charge in [-0.25, -0.2) is 14.4 Å². The highest BCUT2D eigenvalue weighted by atomic mass is 16.7. The molecule has 1 heterocycles. The van der Waals surface area contributed by atoms with E-state index in [2.05, 4.69) is 9.47 Å². The maximum Gasteiger partial charge on any atom is 0.410 e. The molecular formula is C26H30N2O18. The maximum absolute atomic E-state index is 12.6. The molecule has 1 amide bonds. The zero-order chi connectivity index (χ0) is 34.7. The van der Waals surface area contributed by atoms with Crippen LogP contribution in [0.4, 0.5) is 10.5 Å². The van der Waals surface area contributed by atoms with Gasteiger partial charge < -0.3 is 42.6 Å². The Bertz CT molecular complexity index is 1360. The summed E-state index contributed by atoms with van der Waals surface area (Å²) in [4.78, 5) is 94.5. The predicted octanol–water partition coefficient (Wildman–Crippen LogP) is -0.0450. The lowest BCUT2D eigenvalue weighted by Gasteiger charge is -2.42. The van der Waals surface area contributed by atoms with Crippen molar-refractivity contribution in [3.63, 3.8) is 0 Å². The van der Waals surface area contributed by atoms with Crippen LogP contribution < -0.4 is 10.1 Å². The quantitative estimate of drug-likeness (QED) is 0.101. The fourth-order valence-corrected chi connectivity index (χ4v) is 3.90. The number of amides is 1. The first kappa shape index (κ1) is 36.7. The van der Waals surface area contributed by atoms with Crippen molar-refractivity contribution < 1.29 is 81.1 Å². The smallest absolute Gasteiger partial charge is 0.410 e. The van der Waals surface area contributed by atoms with Crippen LogP contribution in [0.1, 0.15) is 33.3 Å². The summed E-state index contributed by atoms with van der Waals surface area (Å²) in [6.45, 7) is 3.31. The van der Waals surface area contributed by atoms with Crippen LogP contribution in [-0.2, 0) is 73.3 Å². The van der Waals surface area contributed by atoms with Crippen molar-refractivity contribution in [1.82, 2.24) is 5.32 Å². The standard InChI is InChI=1S/C26H30N2O18/c1-11(29)41-18-19(42-12(2)30)21(43-13(3)31)25(46-20(18)23(33)38-5)45-17-8-7-15(9-16(17)28(36)37)10-40-26(35)27-22(24(34)39-6)44-14(4)32/h7-9,18-22,25H,10H2,1-6H3,(H,27,35)/t18-,19-,20-,21+,22-,25+/m0/s1. The fraction of sp³-hybridized carbons (Fsp3) is 0.500. The monoisotopic (exact) mass is 658 g/mol. The number of carbonyl (C=O) groups is 7. The molecule has 1 fully saturated rings. The molecule has 46 heavy (non-hydrogen) atoms. The molecule has 0 unspecified atom stereocenters. The lowest BCUT2D eigenvalue weighted by Crippen LogP contribution is -2.64. The van der Waals surface area contributed by atoms with E-state index in [0.29, 0.717) is 0 Å². The topological polar surface area (TPSA) is 258 Å². The first-order valence-electron chi connectivity index (χ1n) is 12.9. The van der Waals surface area contributed by atoms with Gasteiger partial charge in [-0.05, 0) is 11.6 Å². The first-order valence-corrected chi connectivity index (χ1v) is 12.9. The summed E-state index contributed by atoms with van der Waals surface area (Å²) >= 11 is 0. The molecule has 0 radical (unpaired) electrons. The van der Waals surface area contributed by atoms with Gasteiger partial charge in [-0.2, -0.15) is 0 Å². The van der Waals surface area contributed by atoms with E-state index in [1.165, 1.54) is 6.07 Å². The minimum atomic E-state index is -1.88. The molecule has 1 aromatic rings. The number of ether oxygens (including phenoxy) is 9. The van der Waals surface area contributed by atoms with E-state index in [0.717, 1.165) is 54.0 Å². The molecule has 0 spiro atoms. The summed E-state index contributed by atoms with van der Waals surface area (Å²) in [5.74, 6) is -6.52. The summed E-state index contributed by atoms with van der Waals surface area (Å²) in [6.07, 6.45) is -11.9. The Labute approximate surface area is 259 Å². The van der Waals surface area contributed by atoms with Gasteiger partial charge in [0.25, 0.3) is 6.23 Å². The summed E-state index contributed by atoms with van der Waals surface area (Å²) in [6, 6.07) is 3.19. The van der Waals surface area contributed by atoms with Crippen molar-refractivity contribution in [2.75, 3.05) is 14.2 Å². The third-order valence-corrected chi connectivity index (χ3v) is 5.62. The average Bonchev–Trinajstić information content (AvgIpc) is 2.97. The second-order valence-electron chi connectivity index (χ2n) is 9.08. The molecule has 0 aromatic heterocycles. The predicted molar refractivity (Wildman–Crippen MR) is 142 cm³/mol. The molecule has 1 aliphatic heterocycles. The Morgan fingerprint density at radius 2 is 1.46 bits per heavy atom. The highest BCUT2D eigenvalue weighted by Crippen LogP contribution is 2.35. The molecule has 0 saturated carbocycles. The van der Waals surface area contributed by atoms with Gasteiger partial charge in [-0.1, -0.05) is 6.07 Å². The van der Waals surface area contributed by atoms with Gasteiger partial charge in [0.15, 0.2) is 24.1 Å². The molecule has 6 atom stereocenters. The van der Waals surface area contributed by atoms with Gasteiger partial charge in [0.2, 0.25) is 12.4 Å². The normalized spacial score (nSPS) is 20.9. The number of nitrogens with one attached hydrogen (secondary N) is 1. The number of alkyl carbamates (subject to hydrolysis) is 1. The molecule has 1 saturated heterocycles. The number of carbonyl (C=O) groups excluding carboxylic acids is 7. The van der Waals surface area contributed by atoms with E-state index in [-0.39, 0.29) is 5.56 Å². The van der Waals surface area contributed by atoms with Crippen LogP contribution in [0.2, 0.25) is 0 Å². The van der Waals surface area contributed by atoms with Gasteiger partial charge in [-0.15, -0.1) is 0 Å². The highest BCUT2D eigenvalue weighted by Gasteiger charge is 2.56. The number of methoxy groups -OCH3 is 2. The molecule has 0 bridgehead atoms. The van der Waals surface area contributed by atoms with Crippen LogP contribution >= 0.6 is 0 Å². The maximum atomic E-state index is 12.6. The van der Waals surface area contributed by atoms with Crippen LogP contribution in [0.25, 0.3) is 0 Å². The largest absolute Gasteiger partial charge is 0.467 e. The molecule has 252 valence electrons. The van der Waals surface area contributed by atoms with E-state index in [4.69, 9.17) is 33.2 Å². The van der Waals surface area contributed by atoms with Crippen molar-refractivity contribution in [3.8, 4) is 5.75 Å². The Morgan fingerprint density at radius 3 is 1.98 bits per heavy atom. The first-order chi connectivity index (χ1) is 21.6. The van der Waals surface area contributed by atoms with Gasteiger partial charge in [0, 0.05) is 33.8 Å². The lowest BCUT2D eigenvalue weighted by molar-refractivity contribution is -0.387. The van der Waals surface area contributed by atoms with Crippen molar-refractivity contribution in [1.29, 1.82) is 0 Å². The Kier molecular flexibility index (Phi) is 13.2. The van der Waals surface area contributed by atoms with Crippen LogP contribution in [0.3, 0.4) is 0 Å². The van der Waals surface area contributed by atoms with Crippen LogP contribution in [0.15, 0.2) is 18.2 Å². The van der Waals surface area contributed by atoms with Crippen LogP contribution in [0.5, 0.6) is 5.75 Å². The van der Waals surface area contributed by atoms with E-state index < -0.39 is 102 Å². The number of nitrogens with zero attached hydrogens (tertiary/aromatic N) is 1. The minimum absolute atomic E-state index is 0.0255. The molecule has 2 rings (SSSR count). The number of hydrogen-bond donors (Lipinski definition) is 1.